The Morgan fingerprint density at radius 1 is 1.50 bits per heavy atom. The number of amides is 1. The minimum Gasteiger partial charge on any atom is -0.378 e. The molecule has 1 saturated carbocycles. The van der Waals surface area contributed by atoms with Gasteiger partial charge in [-0.3, -0.25) is 4.79 Å². The molecule has 0 bridgehead atoms. The van der Waals surface area contributed by atoms with Crippen molar-refractivity contribution in [3.05, 3.63) is 23.9 Å². The molecule has 1 amide bonds. The van der Waals surface area contributed by atoms with E-state index in [2.05, 4.69) is 15.6 Å². The number of hydrogen-bond donors (Lipinski definition) is 2. The van der Waals surface area contributed by atoms with E-state index >= 15 is 0 Å². The van der Waals surface area contributed by atoms with Crippen molar-refractivity contribution >= 4 is 11.7 Å². The molecule has 5 nitrogen and oxygen atoms in total. The summed E-state index contributed by atoms with van der Waals surface area (Å²) in [6, 6.07) is 5.58. The minimum absolute atomic E-state index is 0.118. The Balaban J connectivity index is 1.85. The van der Waals surface area contributed by atoms with Crippen LogP contribution in [0.1, 0.15) is 30.3 Å². The quantitative estimate of drug-likeness (QED) is 0.828. The zero-order valence-corrected chi connectivity index (χ0v) is 10.8. The van der Waals surface area contributed by atoms with E-state index in [1.54, 1.807) is 13.1 Å². The predicted octanol–water partition coefficient (Wildman–Crippen LogP) is 1.42. The molecule has 0 unspecified atom stereocenters. The first-order valence-corrected chi connectivity index (χ1v) is 6.30. The number of ether oxygens (including phenoxy) is 1. The lowest BCUT2D eigenvalue weighted by molar-refractivity contribution is -0.00866. The Morgan fingerprint density at radius 2 is 2.28 bits per heavy atom. The van der Waals surface area contributed by atoms with Gasteiger partial charge in [0.2, 0.25) is 0 Å². The summed E-state index contributed by atoms with van der Waals surface area (Å²) < 4.78 is 5.45. The summed E-state index contributed by atoms with van der Waals surface area (Å²) in [5.41, 5.74) is 0.446. The summed E-state index contributed by atoms with van der Waals surface area (Å²) >= 11 is 0. The molecular formula is C13H19N3O2. The molecule has 18 heavy (non-hydrogen) atoms. The van der Waals surface area contributed by atoms with Crippen LogP contribution in [0.4, 0.5) is 5.82 Å². The molecule has 0 atom stereocenters. The van der Waals surface area contributed by atoms with Crippen molar-refractivity contribution < 1.29 is 9.53 Å². The predicted molar refractivity (Wildman–Crippen MR) is 69.7 cm³/mol. The van der Waals surface area contributed by atoms with Gasteiger partial charge in [0.25, 0.3) is 5.91 Å². The fourth-order valence-electron chi connectivity index (χ4n) is 2.02. The van der Waals surface area contributed by atoms with Gasteiger partial charge >= 0.3 is 0 Å². The molecule has 0 radical (unpaired) electrons. The lowest BCUT2D eigenvalue weighted by atomic mass is 9.89. The van der Waals surface area contributed by atoms with E-state index in [4.69, 9.17) is 4.74 Å². The highest BCUT2D eigenvalue weighted by Crippen LogP contribution is 2.23. The topological polar surface area (TPSA) is 63.2 Å². The van der Waals surface area contributed by atoms with Crippen molar-refractivity contribution in [2.75, 3.05) is 19.0 Å². The molecule has 2 rings (SSSR count). The second kappa shape index (κ2) is 5.82. The normalized spacial score (nSPS) is 22.1. The van der Waals surface area contributed by atoms with Crippen molar-refractivity contribution in [1.82, 2.24) is 10.3 Å². The number of hydrogen-bond acceptors (Lipinski definition) is 4. The maximum atomic E-state index is 11.9. The van der Waals surface area contributed by atoms with Crippen molar-refractivity contribution in [3.63, 3.8) is 0 Å². The Labute approximate surface area is 107 Å². The molecule has 1 aliphatic rings. The largest absolute Gasteiger partial charge is 0.378 e. The van der Waals surface area contributed by atoms with Crippen molar-refractivity contribution in [1.29, 1.82) is 0 Å². The maximum Gasteiger partial charge on any atom is 0.270 e. The van der Waals surface area contributed by atoms with Crippen LogP contribution in [0.3, 0.4) is 0 Å². The summed E-state index contributed by atoms with van der Waals surface area (Å²) in [7, 11) is 1.78. The fraction of sp³-hybridized carbons (Fsp3) is 0.538. The van der Waals surface area contributed by atoms with Gasteiger partial charge in [-0.05, 0) is 31.9 Å². The van der Waals surface area contributed by atoms with Crippen molar-refractivity contribution in [2.24, 2.45) is 0 Å². The highest BCUT2D eigenvalue weighted by atomic mass is 16.5. The first-order valence-electron chi connectivity index (χ1n) is 6.30. The monoisotopic (exact) mass is 249 g/mol. The highest BCUT2D eigenvalue weighted by Gasteiger charge is 2.31. The average Bonchev–Trinajstić information content (AvgIpc) is 2.36. The number of anilines is 1. The minimum atomic E-state index is -0.118. The fourth-order valence-corrected chi connectivity index (χ4v) is 2.02. The molecule has 1 heterocycles. The van der Waals surface area contributed by atoms with Gasteiger partial charge in [-0.1, -0.05) is 6.07 Å². The first kappa shape index (κ1) is 12.8. The molecule has 0 saturated heterocycles. The average molecular weight is 249 g/mol. The maximum absolute atomic E-state index is 11.9. The van der Waals surface area contributed by atoms with E-state index in [0.717, 1.165) is 19.4 Å². The lowest BCUT2D eigenvalue weighted by Crippen LogP contribution is -2.48. The highest BCUT2D eigenvalue weighted by molar-refractivity contribution is 5.92. The van der Waals surface area contributed by atoms with Crippen LogP contribution < -0.4 is 10.6 Å². The van der Waals surface area contributed by atoms with Gasteiger partial charge in [-0.15, -0.1) is 0 Å². The van der Waals surface area contributed by atoms with Crippen LogP contribution in [-0.4, -0.2) is 36.7 Å². The molecule has 1 aromatic rings. The van der Waals surface area contributed by atoms with E-state index in [1.807, 2.05) is 19.1 Å². The summed E-state index contributed by atoms with van der Waals surface area (Å²) in [4.78, 5) is 16.1. The SMILES string of the molecule is CCOC1CC(NC(=O)c2cccc(NC)n2)C1. The molecule has 2 N–H and O–H groups in total. The standard InChI is InChI=1S/C13H19N3O2/c1-3-18-10-7-9(8-10)15-13(17)11-5-4-6-12(14-2)16-11/h4-6,9-10H,3,7-8H2,1-2H3,(H,14,16)(H,15,17). The number of pyridine rings is 1. The Hall–Kier alpha value is -1.62. The van der Waals surface area contributed by atoms with Crippen LogP contribution in [-0.2, 0) is 4.74 Å². The molecule has 0 spiro atoms. The van der Waals surface area contributed by atoms with Crippen LogP contribution >= 0.6 is 0 Å². The number of rotatable bonds is 5. The molecule has 1 aliphatic carbocycles. The van der Waals surface area contributed by atoms with Crippen molar-refractivity contribution in [2.45, 2.75) is 31.9 Å². The van der Waals surface area contributed by atoms with Gasteiger partial charge in [0.1, 0.15) is 11.5 Å². The lowest BCUT2D eigenvalue weighted by Gasteiger charge is -2.35. The van der Waals surface area contributed by atoms with Gasteiger partial charge in [-0.2, -0.15) is 0 Å². The van der Waals surface area contributed by atoms with Crippen LogP contribution in [0.25, 0.3) is 0 Å². The Bertz CT molecular complexity index is 416. The number of nitrogens with one attached hydrogen (secondary N) is 2. The second-order valence-electron chi connectivity index (χ2n) is 4.38. The zero-order chi connectivity index (χ0) is 13.0. The number of aromatic nitrogens is 1. The van der Waals surface area contributed by atoms with Crippen LogP contribution in [0.2, 0.25) is 0 Å². The summed E-state index contributed by atoms with van der Waals surface area (Å²) in [6.07, 6.45) is 2.09. The molecule has 5 heteroatoms. The molecule has 1 fully saturated rings. The molecule has 1 aromatic heterocycles. The molecule has 98 valence electrons. The van der Waals surface area contributed by atoms with Crippen molar-refractivity contribution in [3.8, 4) is 0 Å². The zero-order valence-electron chi connectivity index (χ0n) is 10.8. The van der Waals surface area contributed by atoms with Gasteiger partial charge in [-0.25, -0.2) is 4.98 Å². The van der Waals surface area contributed by atoms with Crippen LogP contribution in [0.5, 0.6) is 0 Å². The summed E-state index contributed by atoms with van der Waals surface area (Å²) in [5, 5.41) is 5.88. The second-order valence-corrected chi connectivity index (χ2v) is 4.38. The first-order chi connectivity index (χ1) is 8.72. The van der Waals surface area contributed by atoms with E-state index < -0.39 is 0 Å². The van der Waals surface area contributed by atoms with E-state index in [-0.39, 0.29) is 11.9 Å². The molecular weight excluding hydrogens is 230 g/mol. The van der Waals surface area contributed by atoms with E-state index in [9.17, 15) is 4.79 Å². The Morgan fingerprint density at radius 3 is 2.94 bits per heavy atom. The Kier molecular flexibility index (Phi) is 4.15. The molecule has 0 aliphatic heterocycles. The number of carbonyl (C=O) groups is 1. The van der Waals surface area contributed by atoms with E-state index in [0.29, 0.717) is 17.6 Å². The van der Waals surface area contributed by atoms with Gasteiger partial charge in [0.15, 0.2) is 0 Å². The third-order valence-electron chi connectivity index (χ3n) is 3.07. The number of nitrogens with zero attached hydrogens (tertiary/aromatic N) is 1. The summed E-state index contributed by atoms with van der Waals surface area (Å²) in [6.45, 7) is 2.72. The van der Waals surface area contributed by atoms with Crippen LogP contribution in [0.15, 0.2) is 18.2 Å². The van der Waals surface area contributed by atoms with Gasteiger partial charge < -0.3 is 15.4 Å². The van der Waals surface area contributed by atoms with Crippen LogP contribution in [0, 0.1) is 0 Å². The third-order valence-corrected chi connectivity index (χ3v) is 3.07. The number of carbonyl (C=O) groups excluding carboxylic acids is 1. The molecule has 0 aromatic carbocycles. The smallest absolute Gasteiger partial charge is 0.270 e. The van der Waals surface area contributed by atoms with E-state index in [1.165, 1.54) is 0 Å². The third kappa shape index (κ3) is 2.98. The van der Waals surface area contributed by atoms with Gasteiger partial charge in [0.05, 0.1) is 6.10 Å². The van der Waals surface area contributed by atoms with Gasteiger partial charge in [0, 0.05) is 19.7 Å². The summed E-state index contributed by atoms with van der Waals surface area (Å²) in [5.74, 6) is 0.579.